The highest BCUT2D eigenvalue weighted by molar-refractivity contribution is 7.71. The Morgan fingerprint density at radius 3 is 2.55 bits per heavy atom. The number of aryl methyl sites for hydroxylation is 1. The molecule has 0 aliphatic carbocycles. The second-order valence-electron chi connectivity index (χ2n) is 6.97. The van der Waals surface area contributed by atoms with Gasteiger partial charge in [0.1, 0.15) is 12.4 Å². The number of ketones is 1. The second-order valence-corrected chi connectivity index (χ2v) is 7.36. The van der Waals surface area contributed by atoms with E-state index in [1.807, 2.05) is 32.0 Å². The molecule has 2 heterocycles. The normalized spacial score (nSPS) is 11.1. The van der Waals surface area contributed by atoms with Gasteiger partial charge >= 0.3 is 0 Å². The average Bonchev–Trinajstić information content (AvgIpc) is 3.16. The summed E-state index contributed by atoms with van der Waals surface area (Å²) in [5, 5.41) is 7.51. The lowest BCUT2D eigenvalue weighted by molar-refractivity contribution is 0.101. The molecule has 7 nitrogen and oxygen atoms in total. The summed E-state index contributed by atoms with van der Waals surface area (Å²) in [4.78, 5) is 12.4. The molecular weight excluding hydrogens is 386 g/mol. The standard InChI is InChI=1S/C21H21N5O2S/c1-12-4-6-15(7-5-12)25-13(2)20(14(3)27)17-10-16(8-9-18(17)25)28-11-19-23-24-21(29)26(19)22/h4-10H,11,22H2,1-3H3,(H,24,29). The third-order valence-electron chi connectivity index (χ3n) is 4.97. The maximum Gasteiger partial charge on any atom is 0.214 e. The van der Waals surface area contributed by atoms with Crippen LogP contribution in [0, 0.1) is 18.6 Å². The van der Waals surface area contributed by atoms with Crippen molar-refractivity contribution in [2.24, 2.45) is 0 Å². The number of fused-ring (bicyclic) bond motifs is 1. The number of carbonyl (C=O) groups excluding carboxylic acids is 1. The Hall–Kier alpha value is -3.39. The molecule has 0 spiro atoms. The van der Waals surface area contributed by atoms with Gasteiger partial charge in [-0.05, 0) is 63.3 Å². The summed E-state index contributed by atoms with van der Waals surface area (Å²) in [6.07, 6.45) is 0. The van der Waals surface area contributed by atoms with E-state index in [0.717, 1.165) is 22.3 Å². The van der Waals surface area contributed by atoms with Crippen LogP contribution in [0.4, 0.5) is 0 Å². The highest BCUT2D eigenvalue weighted by Crippen LogP contribution is 2.32. The molecule has 0 aliphatic rings. The van der Waals surface area contributed by atoms with Crippen LogP contribution in [-0.4, -0.2) is 25.2 Å². The highest BCUT2D eigenvalue weighted by atomic mass is 32.1. The first-order valence-electron chi connectivity index (χ1n) is 9.14. The van der Waals surface area contributed by atoms with Crippen molar-refractivity contribution in [3.63, 3.8) is 0 Å². The molecule has 0 saturated carbocycles. The van der Waals surface area contributed by atoms with E-state index in [1.165, 1.54) is 10.2 Å². The molecule has 148 valence electrons. The highest BCUT2D eigenvalue weighted by Gasteiger charge is 2.19. The van der Waals surface area contributed by atoms with Crippen molar-refractivity contribution >= 4 is 28.9 Å². The van der Waals surface area contributed by atoms with Gasteiger partial charge in [-0.15, -0.1) is 0 Å². The third kappa shape index (κ3) is 3.31. The van der Waals surface area contributed by atoms with E-state index in [2.05, 4.69) is 39.0 Å². The minimum atomic E-state index is 0.0124. The van der Waals surface area contributed by atoms with Gasteiger partial charge in [0.15, 0.2) is 11.6 Å². The van der Waals surface area contributed by atoms with E-state index in [1.54, 1.807) is 6.92 Å². The van der Waals surface area contributed by atoms with Crippen LogP contribution in [0.1, 0.15) is 34.4 Å². The maximum absolute atomic E-state index is 12.4. The summed E-state index contributed by atoms with van der Waals surface area (Å²) in [5.41, 5.74) is 4.73. The number of aromatic amines is 1. The van der Waals surface area contributed by atoms with Crippen LogP contribution in [0.2, 0.25) is 0 Å². The van der Waals surface area contributed by atoms with Crippen molar-refractivity contribution in [3.8, 4) is 11.4 Å². The largest absolute Gasteiger partial charge is 0.486 e. The molecule has 4 rings (SSSR count). The molecule has 2 aromatic carbocycles. The number of aromatic nitrogens is 4. The van der Waals surface area contributed by atoms with Gasteiger partial charge in [0.25, 0.3) is 0 Å². The smallest absolute Gasteiger partial charge is 0.214 e. The zero-order valence-electron chi connectivity index (χ0n) is 16.4. The summed E-state index contributed by atoms with van der Waals surface area (Å²) in [7, 11) is 0. The molecule has 2 aromatic heterocycles. The predicted molar refractivity (Wildman–Crippen MR) is 115 cm³/mol. The van der Waals surface area contributed by atoms with E-state index in [-0.39, 0.29) is 12.4 Å². The lowest BCUT2D eigenvalue weighted by atomic mass is 10.1. The molecule has 0 fully saturated rings. The number of hydrogen-bond donors (Lipinski definition) is 2. The molecule has 3 N–H and O–H groups in total. The molecule has 0 bridgehead atoms. The van der Waals surface area contributed by atoms with Gasteiger partial charge in [-0.25, -0.2) is 4.68 Å². The summed E-state index contributed by atoms with van der Waals surface area (Å²) in [5.74, 6) is 6.92. The van der Waals surface area contributed by atoms with Crippen LogP contribution >= 0.6 is 12.2 Å². The number of nitrogens with two attached hydrogens (primary N) is 1. The Balaban J connectivity index is 1.78. The maximum atomic E-state index is 12.4. The fourth-order valence-corrected chi connectivity index (χ4v) is 3.70. The molecular formula is C21H21N5O2S. The fraction of sp³-hybridized carbons (Fsp3) is 0.190. The van der Waals surface area contributed by atoms with E-state index in [0.29, 0.717) is 21.9 Å². The number of ether oxygens (including phenoxy) is 1. The number of H-pyrrole nitrogens is 1. The SMILES string of the molecule is CC(=O)c1c(C)n(-c2ccc(C)cc2)c2ccc(OCc3n[nH]c(=S)n3N)cc12. The Kier molecular flexibility index (Phi) is 4.71. The minimum Gasteiger partial charge on any atom is -0.486 e. The topological polar surface area (TPSA) is 90.9 Å². The molecule has 29 heavy (non-hydrogen) atoms. The first-order chi connectivity index (χ1) is 13.9. The van der Waals surface area contributed by atoms with E-state index < -0.39 is 0 Å². The summed E-state index contributed by atoms with van der Waals surface area (Å²) >= 11 is 5.01. The van der Waals surface area contributed by atoms with Crippen molar-refractivity contribution < 1.29 is 9.53 Å². The van der Waals surface area contributed by atoms with E-state index in [4.69, 9.17) is 22.8 Å². The summed E-state index contributed by atoms with van der Waals surface area (Å²) in [6, 6.07) is 13.9. The number of nitrogen functional groups attached to an aromatic ring is 1. The van der Waals surface area contributed by atoms with Gasteiger partial charge < -0.3 is 15.1 Å². The average molecular weight is 407 g/mol. The first kappa shape index (κ1) is 18.9. The number of hydrogen-bond acceptors (Lipinski definition) is 5. The van der Waals surface area contributed by atoms with Gasteiger partial charge in [-0.1, -0.05) is 17.7 Å². The number of nitrogens with one attached hydrogen (secondary N) is 1. The van der Waals surface area contributed by atoms with Crippen molar-refractivity contribution in [3.05, 3.63) is 69.9 Å². The first-order valence-corrected chi connectivity index (χ1v) is 9.55. The molecule has 0 unspecified atom stereocenters. The van der Waals surface area contributed by atoms with Crippen molar-refractivity contribution in [1.29, 1.82) is 0 Å². The molecule has 0 aliphatic heterocycles. The zero-order chi connectivity index (χ0) is 20.7. The van der Waals surface area contributed by atoms with Gasteiger partial charge in [-0.3, -0.25) is 9.89 Å². The van der Waals surface area contributed by atoms with Crippen molar-refractivity contribution in [2.75, 3.05) is 5.84 Å². The predicted octanol–water partition coefficient (Wildman–Crippen LogP) is 4.00. The monoisotopic (exact) mass is 407 g/mol. The van der Waals surface area contributed by atoms with Gasteiger partial charge in [0.05, 0.1) is 5.52 Å². The van der Waals surface area contributed by atoms with Crippen LogP contribution in [0.15, 0.2) is 42.5 Å². The molecule has 0 saturated heterocycles. The minimum absolute atomic E-state index is 0.0124. The van der Waals surface area contributed by atoms with Crippen LogP contribution in [0.5, 0.6) is 5.75 Å². The third-order valence-corrected chi connectivity index (χ3v) is 5.25. The summed E-state index contributed by atoms with van der Waals surface area (Å²) < 4.78 is 9.54. The van der Waals surface area contributed by atoms with Crippen LogP contribution in [0.25, 0.3) is 16.6 Å². The van der Waals surface area contributed by atoms with E-state index in [9.17, 15) is 4.79 Å². The van der Waals surface area contributed by atoms with Crippen molar-refractivity contribution in [1.82, 2.24) is 19.4 Å². The lowest BCUT2D eigenvalue weighted by Crippen LogP contribution is -2.14. The molecule has 8 heteroatoms. The van der Waals surface area contributed by atoms with Gasteiger partial charge in [0, 0.05) is 22.3 Å². The fourth-order valence-electron chi connectivity index (χ4n) is 3.55. The zero-order valence-corrected chi connectivity index (χ0v) is 17.2. The number of carbonyl (C=O) groups is 1. The Labute approximate surface area is 172 Å². The van der Waals surface area contributed by atoms with Crippen LogP contribution < -0.4 is 10.6 Å². The Morgan fingerprint density at radius 1 is 1.21 bits per heavy atom. The van der Waals surface area contributed by atoms with Crippen LogP contribution in [-0.2, 0) is 6.61 Å². The molecule has 0 amide bonds. The number of nitrogens with zero attached hydrogens (tertiary/aromatic N) is 3. The second kappa shape index (κ2) is 7.21. The van der Waals surface area contributed by atoms with Crippen LogP contribution in [0.3, 0.4) is 0 Å². The number of Topliss-reactive ketones (excluding diaryl/α,β-unsaturated/α-hetero) is 1. The van der Waals surface area contributed by atoms with Gasteiger partial charge in [0.2, 0.25) is 4.77 Å². The van der Waals surface area contributed by atoms with Crippen molar-refractivity contribution in [2.45, 2.75) is 27.4 Å². The summed E-state index contributed by atoms with van der Waals surface area (Å²) in [6.45, 7) is 5.75. The Bertz CT molecular complexity index is 1280. The number of rotatable bonds is 5. The quantitative estimate of drug-likeness (QED) is 0.296. The molecule has 0 radical (unpaired) electrons. The Morgan fingerprint density at radius 2 is 1.93 bits per heavy atom. The molecule has 0 atom stereocenters. The lowest BCUT2D eigenvalue weighted by Gasteiger charge is -2.10. The van der Waals surface area contributed by atoms with E-state index >= 15 is 0 Å². The molecule has 4 aromatic rings. The number of benzene rings is 2. The van der Waals surface area contributed by atoms with Gasteiger partial charge in [-0.2, -0.15) is 5.10 Å².